The van der Waals surface area contributed by atoms with Crippen molar-refractivity contribution in [2.24, 2.45) is 0 Å². The zero-order valence-electron chi connectivity index (χ0n) is 12.4. The summed E-state index contributed by atoms with van der Waals surface area (Å²) in [4.78, 5) is 0. The Morgan fingerprint density at radius 1 is 1.25 bits per heavy atom. The molecule has 0 amide bonds. The first-order valence-electron chi connectivity index (χ1n) is 7.83. The molecular weight excluding hydrogens is 266 g/mol. The van der Waals surface area contributed by atoms with Crippen LogP contribution in [0.15, 0.2) is 24.3 Å². The number of benzene rings is 1. The van der Waals surface area contributed by atoms with E-state index >= 15 is 0 Å². The molecule has 1 aromatic carbocycles. The van der Waals surface area contributed by atoms with E-state index in [-0.39, 0.29) is 0 Å². The number of thioether (sulfide) groups is 1. The highest BCUT2D eigenvalue weighted by molar-refractivity contribution is 8.00. The molecule has 1 aromatic rings. The van der Waals surface area contributed by atoms with Gasteiger partial charge in [-0.25, -0.2) is 0 Å². The smallest absolute Gasteiger partial charge is 0.124 e. The maximum atomic E-state index is 5.75. The molecule has 1 N–H and O–H groups in total. The largest absolute Gasteiger partial charge is 0.493 e. The standard InChI is InChI=1S/C17H25NOS/c1-20-17(10-5-2-6-11-17)13-18-15-9-12-19-16-8-4-3-7-14(15)16/h3-4,7-8,15,18H,2,5-6,9-13H2,1H3. The molecular formula is C17H25NOS. The molecule has 2 nitrogen and oxygen atoms in total. The van der Waals surface area contributed by atoms with Crippen LogP contribution in [0.2, 0.25) is 0 Å². The molecule has 1 heterocycles. The van der Waals surface area contributed by atoms with E-state index in [4.69, 9.17) is 4.74 Å². The van der Waals surface area contributed by atoms with Crippen LogP contribution < -0.4 is 10.1 Å². The molecule has 1 unspecified atom stereocenters. The van der Waals surface area contributed by atoms with Crippen molar-refractivity contribution in [3.05, 3.63) is 29.8 Å². The third-order valence-electron chi connectivity index (χ3n) is 4.83. The highest BCUT2D eigenvalue weighted by Crippen LogP contribution is 2.39. The van der Waals surface area contributed by atoms with E-state index in [1.807, 2.05) is 0 Å². The van der Waals surface area contributed by atoms with Gasteiger partial charge in [-0.15, -0.1) is 0 Å². The summed E-state index contributed by atoms with van der Waals surface area (Å²) >= 11 is 2.07. The topological polar surface area (TPSA) is 21.3 Å². The number of ether oxygens (including phenoxy) is 1. The molecule has 1 atom stereocenters. The molecule has 2 aliphatic rings. The zero-order chi connectivity index (χ0) is 13.8. The summed E-state index contributed by atoms with van der Waals surface area (Å²) in [5.41, 5.74) is 1.34. The van der Waals surface area contributed by atoms with Crippen LogP contribution in [0.4, 0.5) is 0 Å². The predicted molar refractivity (Wildman–Crippen MR) is 86.6 cm³/mol. The average Bonchev–Trinajstić information content (AvgIpc) is 2.54. The second kappa shape index (κ2) is 6.40. The lowest BCUT2D eigenvalue weighted by Crippen LogP contribution is -2.41. The Kier molecular flexibility index (Phi) is 4.57. The first-order chi connectivity index (χ1) is 9.83. The minimum absolute atomic E-state index is 0.464. The highest BCUT2D eigenvalue weighted by atomic mass is 32.2. The quantitative estimate of drug-likeness (QED) is 0.900. The minimum atomic E-state index is 0.464. The van der Waals surface area contributed by atoms with Crippen molar-refractivity contribution in [3.63, 3.8) is 0 Å². The first kappa shape index (κ1) is 14.3. The first-order valence-corrected chi connectivity index (χ1v) is 9.06. The second-order valence-corrected chi connectivity index (χ2v) is 7.33. The Morgan fingerprint density at radius 3 is 2.85 bits per heavy atom. The number of hydrogen-bond donors (Lipinski definition) is 1. The fourth-order valence-corrected chi connectivity index (χ4v) is 4.44. The third kappa shape index (κ3) is 2.99. The third-order valence-corrected chi connectivity index (χ3v) is 6.25. The predicted octanol–water partition coefficient (Wildman–Crippen LogP) is 4.17. The van der Waals surface area contributed by atoms with Crippen LogP contribution in [-0.4, -0.2) is 24.2 Å². The van der Waals surface area contributed by atoms with Gasteiger partial charge >= 0.3 is 0 Å². The van der Waals surface area contributed by atoms with Crippen LogP contribution in [0.5, 0.6) is 5.75 Å². The number of rotatable bonds is 4. The lowest BCUT2D eigenvalue weighted by molar-refractivity contribution is 0.246. The van der Waals surface area contributed by atoms with E-state index in [0.29, 0.717) is 10.8 Å². The van der Waals surface area contributed by atoms with Gasteiger partial charge in [-0.3, -0.25) is 0 Å². The molecule has 0 spiro atoms. The van der Waals surface area contributed by atoms with Crippen molar-refractivity contribution in [2.45, 2.75) is 49.3 Å². The molecule has 0 aromatic heterocycles. The Morgan fingerprint density at radius 2 is 2.05 bits per heavy atom. The molecule has 0 radical (unpaired) electrons. The van der Waals surface area contributed by atoms with Crippen molar-refractivity contribution in [1.29, 1.82) is 0 Å². The zero-order valence-corrected chi connectivity index (χ0v) is 13.2. The van der Waals surface area contributed by atoms with Gasteiger partial charge in [0, 0.05) is 29.3 Å². The van der Waals surface area contributed by atoms with Crippen LogP contribution in [0.1, 0.15) is 50.1 Å². The van der Waals surface area contributed by atoms with Crippen LogP contribution in [0, 0.1) is 0 Å². The van der Waals surface area contributed by atoms with Crippen molar-refractivity contribution < 1.29 is 4.74 Å². The summed E-state index contributed by atoms with van der Waals surface area (Å²) in [5, 5.41) is 3.84. The molecule has 1 aliphatic carbocycles. The number of nitrogens with one attached hydrogen (secondary N) is 1. The fourth-order valence-electron chi connectivity index (χ4n) is 3.51. The minimum Gasteiger partial charge on any atom is -0.493 e. The molecule has 3 heteroatoms. The molecule has 0 bridgehead atoms. The Labute approximate surface area is 126 Å². The summed E-state index contributed by atoms with van der Waals surface area (Å²) in [7, 11) is 0. The monoisotopic (exact) mass is 291 g/mol. The summed E-state index contributed by atoms with van der Waals surface area (Å²) in [6, 6.07) is 8.94. The van der Waals surface area contributed by atoms with Crippen molar-refractivity contribution in [1.82, 2.24) is 5.32 Å². The highest BCUT2D eigenvalue weighted by Gasteiger charge is 2.32. The average molecular weight is 291 g/mol. The van der Waals surface area contributed by atoms with E-state index in [9.17, 15) is 0 Å². The molecule has 20 heavy (non-hydrogen) atoms. The molecule has 3 rings (SSSR count). The van der Waals surface area contributed by atoms with E-state index < -0.39 is 0 Å². The number of para-hydroxylation sites is 1. The lowest BCUT2D eigenvalue weighted by atomic mass is 9.87. The Balaban J connectivity index is 1.66. The summed E-state index contributed by atoms with van der Waals surface area (Å²) < 4.78 is 6.22. The van der Waals surface area contributed by atoms with E-state index in [0.717, 1.165) is 25.3 Å². The Hall–Kier alpha value is -0.670. The van der Waals surface area contributed by atoms with Crippen LogP contribution in [0.3, 0.4) is 0 Å². The van der Waals surface area contributed by atoms with Gasteiger partial charge in [-0.2, -0.15) is 11.8 Å². The molecule has 0 saturated heterocycles. The number of hydrogen-bond acceptors (Lipinski definition) is 3. The van der Waals surface area contributed by atoms with Gasteiger partial charge in [-0.1, -0.05) is 37.5 Å². The van der Waals surface area contributed by atoms with Gasteiger partial charge in [-0.05, 0) is 25.2 Å². The van der Waals surface area contributed by atoms with E-state index in [2.05, 4.69) is 47.6 Å². The van der Waals surface area contributed by atoms with E-state index in [1.165, 1.54) is 37.7 Å². The molecule has 1 fully saturated rings. The van der Waals surface area contributed by atoms with Gasteiger partial charge in [0.2, 0.25) is 0 Å². The number of fused-ring (bicyclic) bond motifs is 1. The van der Waals surface area contributed by atoms with Crippen molar-refractivity contribution >= 4 is 11.8 Å². The van der Waals surface area contributed by atoms with Crippen LogP contribution >= 0.6 is 11.8 Å². The summed E-state index contributed by atoms with van der Waals surface area (Å²) in [5.74, 6) is 1.07. The van der Waals surface area contributed by atoms with Crippen LogP contribution in [0.25, 0.3) is 0 Å². The molecule has 1 saturated carbocycles. The van der Waals surface area contributed by atoms with E-state index in [1.54, 1.807) is 0 Å². The van der Waals surface area contributed by atoms with Gasteiger partial charge in [0.05, 0.1) is 6.61 Å². The molecule has 1 aliphatic heterocycles. The van der Waals surface area contributed by atoms with Crippen molar-refractivity contribution in [2.75, 3.05) is 19.4 Å². The molecule has 110 valence electrons. The Bertz CT molecular complexity index is 442. The van der Waals surface area contributed by atoms with Crippen molar-refractivity contribution in [3.8, 4) is 5.75 Å². The summed E-state index contributed by atoms with van der Waals surface area (Å²) in [6.45, 7) is 1.97. The lowest BCUT2D eigenvalue weighted by Gasteiger charge is -2.38. The van der Waals surface area contributed by atoms with Gasteiger partial charge in [0.1, 0.15) is 5.75 Å². The summed E-state index contributed by atoms with van der Waals surface area (Å²) in [6.07, 6.45) is 10.3. The maximum Gasteiger partial charge on any atom is 0.124 e. The fraction of sp³-hybridized carbons (Fsp3) is 0.647. The van der Waals surface area contributed by atoms with Gasteiger partial charge < -0.3 is 10.1 Å². The van der Waals surface area contributed by atoms with Crippen LogP contribution in [-0.2, 0) is 0 Å². The van der Waals surface area contributed by atoms with Gasteiger partial charge in [0.25, 0.3) is 0 Å². The van der Waals surface area contributed by atoms with Gasteiger partial charge in [0.15, 0.2) is 0 Å². The normalized spacial score (nSPS) is 24.8. The maximum absolute atomic E-state index is 5.75. The second-order valence-electron chi connectivity index (χ2n) is 6.06. The SMILES string of the molecule is CSC1(CNC2CCOc3ccccc32)CCCCC1.